The topological polar surface area (TPSA) is 20.3 Å². The molecule has 1 amide bonds. The van der Waals surface area contributed by atoms with Gasteiger partial charge in [-0.05, 0) is 44.3 Å². The predicted molar refractivity (Wildman–Crippen MR) is 62.6 cm³/mol. The Morgan fingerprint density at radius 3 is 2.53 bits per heavy atom. The van der Waals surface area contributed by atoms with Crippen molar-refractivity contribution in [3.63, 3.8) is 0 Å². The summed E-state index contributed by atoms with van der Waals surface area (Å²) >= 11 is 1.56. The van der Waals surface area contributed by atoms with E-state index < -0.39 is 0 Å². The number of carbonyl (C=O) groups is 1. The van der Waals surface area contributed by atoms with Gasteiger partial charge in [-0.3, -0.25) is 9.10 Å². The molecule has 1 aliphatic heterocycles. The van der Waals surface area contributed by atoms with Crippen LogP contribution in [0.25, 0.3) is 0 Å². The Hall–Kier alpha value is -0.960. The van der Waals surface area contributed by atoms with Crippen molar-refractivity contribution >= 4 is 17.9 Å². The van der Waals surface area contributed by atoms with Gasteiger partial charge in [-0.25, -0.2) is 0 Å². The first-order chi connectivity index (χ1) is 7.16. The summed E-state index contributed by atoms with van der Waals surface area (Å²) in [5, 5.41) is 0. The van der Waals surface area contributed by atoms with E-state index in [1.807, 2.05) is 4.31 Å². The third kappa shape index (κ3) is 2.34. The van der Waals surface area contributed by atoms with E-state index in [-0.39, 0.29) is 5.91 Å². The summed E-state index contributed by atoms with van der Waals surface area (Å²) in [7, 11) is 0. The summed E-state index contributed by atoms with van der Waals surface area (Å²) in [6, 6.07) is 8.65. The van der Waals surface area contributed by atoms with Crippen LogP contribution in [0.2, 0.25) is 0 Å². The van der Waals surface area contributed by atoms with Crippen LogP contribution in [-0.2, 0) is 4.79 Å². The Bertz CT molecular complexity index is 360. The molecule has 2 nitrogen and oxygen atoms in total. The van der Waals surface area contributed by atoms with Crippen LogP contribution in [0.1, 0.15) is 25.3 Å². The minimum atomic E-state index is 0.257. The summed E-state index contributed by atoms with van der Waals surface area (Å²) in [5.41, 5.74) is 1.25. The van der Waals surface area contributed by atoms with Crippen molar-refractivity contribution in [3.8, 4) is 0 Å². The van der Waals surface area contributed by atoms with Crippen LogP contribution in [0.3, 0.4) is 0 Å². The lowest BCUT2D eigenvalue weighted by molar-refractivity contribution is -0.123. The van der Waals surface area contributed by atoms with E-state index in [1.165, 1.54) is 5.56 Å². The van der Waals surface area contributed by atoms with Gasteiger partial charge in [0.05, 0.1) is 0 Å². The van der Waals surface area contributed by atoms with Gasteiger partial charge < -0.3 is 0 Å². The van der Waals surface area contributed by atoms with Crippen molar-refractivity contribution in [3.05, 3.63) is 29.8 Å². The van der Waals surface area contributed by atoms with Gasteiger partial charge in [0, 0.05) is 17.4 Å². The van der Waals surface area contributed by atoms with Crippen molar-refractivity contribution in [2.75, 3.05) is 0 Å². The Morgan fingerprint density at radius 2 is 2.00 bits per heavy atom. The van der Waals surface area contributed by atoms with Crippen molar-refractivity contribution in [1.29, 1.82) is 0 Å². The van der Waals surface area contributed by atoms with Gasteiger partial charge in [-0.1, -0.05) is 17.7 Å². The minimum Gasteiger partial charge on any atom is -0.279 e. The van der Waals surface area contributed by atoms with E-state index in [2.05, 4.69) is 38.1 Å². The van der Waals surface area contributed by atoms with Gasteiger partial charge in [-0.2, -0.15) is 0 Å². The largest absolute Gasteiger partial charge is 0.279 e. The molecular weight excluding hydrogens is 206 g/mol. The van der Waals surface area contributed by atoms with Gasteiger partial charge >= 0.3 is 0 Å². The molecule has 0 aliphatic carbocycles. The molecule has 80 valence electrons. The maximum Gasteiger partial charge on any atom is 0.233 e. The van der Waals surface area contributed by atoms with Gasteiger partial charge in [0.25, 0.3) is 0 Å². The fourth-order valence-corrected chi connectivity index (χ4v) is 2.62. The molecule has 1 fully saturated rings. The van der Waals surface area contributed by atoms with Gasteiger partial charge in [0.15, 0.2) is 0 Å². The highest BCUT2D eigenvalue weighted by Gasteiger charge is 2.28. The summed E-state index contributed by atoms with van der Waals surface area (Å²) in [6.07, 6.45) is 1.68. The molecule has 1 heterocycles. The number of nitrogens with zero attached hydrogens (tertiary/aromatic N) is 1. The SMILES string of the molecule is Cc1ccc(SN2C(=O)CCC2C)cc1. The Morgan fingerprint density at radius 1 is 1.33 bits per heavy atom. The molecule has 1 unspecified atom stereocenters. The van der Waals surface area contributed by atoms with E-state index in [0.717, 1.165) is 11.3 Å². The summed E-state index contributed by atoms with van der Waals surface area (Å²) in [6.45, 7) is 4.17. The number of aryl methyl sites for hydroxylation is 1. The lowest BCUT2D eigenvalue weighted by Crippen LogP contribution is -2.23. The van der Waals surface area contributed by atoms with Gasteiger partial charge in [0.1, 0.15) is 0 Å². The molecule has 0 spiro atoms. The Labute approximate surface area is 94.8 Å². The maximum absolute atomic E-state index is 11.6. The first kappa shape index (κ1) is 10.6. The number of hydrogen-bond acceptors (Lipinski definition) is 2. The third-order valence-corrected chi connectivity index (χ3v) is 3.89. The molecule has 1 aliphatic rings. The van der Waals surface area contributed by atoms with Crippen LogP contribution < -0.4 is 0 Å². The van der Waals surface area contributed by atoms with Gasteiger partial charge in [0.2, 0.25) is 5.91 Å². The maximum atomic E-state index is 11.6. The van der Waals surface area contributed by atoms with E-state index >= 15 is 0 Å². The summed E-state index contributed by atoms with van der Waals surface area (Å²) in [4.78, 5) is 12.7. The fraction of sp³-hybridized carbons (Fsp3) is 0.417. The molecule has 0 N–H and O–H groups in total. The van der Waals surface area contributed by atoms with Crippen molar-refractivity contribution in [2.24, 2.45) is 0 Å². The zero-order chi connectivity index (χ0) is 10.8. The number of hydrogen-bond donors (Lipinski definition) is 0. The van der Waals surface area contributed by atoms with Crippen LogP contribution in [0.4, 0.5) is 0 Å². The highest BCUT2D eigenvalue weighted by atomic mass is 32.2. The smallest absolute Gasteiger partial charge is 0.233 e. The second-order valence-electron chi connectivity index (χ2n) is 4.01. The number of benzene rings is 1. The van der Waals surface area contributed by atoms with Crippen molar-refractivity contribution < 1.29 is 4.79 Å². The molecule has 0 bridgehead atoms. The van der Waals surface area contributed by atoms with E-state index in [0.29, 0.717) is 12.5 Å². The molecule has 1 saturated heterocycles. The van der Waals surface area contributed by atoms with E-state index in [9.17, 15) is 4.79 Å². The highest BCUT2D eigenvalue weighted by Crippen LogP contribution is 2.31. The number of amides is 1. The van der Waals surface area contributed by atoms with E-state index in [4.69, 9.17) is 0 Å². The first-order valence-electron chi connectivity index (χ1n) is 5.23. The fourth-order valence-electron chi connectivity index (χ4n) is 1.66. The second kappa shape index (κ2) is 4.27. The van der Waals surface area contributed by atoms with Crippen molar-refractivity contribution in [2.45, 2.75) is 37.6 Å². The zero-order valence-corrected chi connectivity index (χ0v) is 9.88. The Balaban J connectivity index is 2.08. The monoisotopic (exact) mass is 221 g/mol. The van der Waals surface area contributed by atoms with E-state index in [1.54, 1.807) is 11.9 Å². The standard InChI is InChI=1S/C12H15NOS/c1-9-3-6-11(7-4-9)15-13-10(2)5-8-12(13)14/h3-4,6-7,10H,5,8H2,1-2H3. The predicted octanol–water partition coefficient (Wildman–Crippen LogP) is 3.01. The number of carbonyl (C=O) groups excluding carboxylic acids is 1. The quantitative estimate of drug-likeness (QED) is 0.715. The zero-order valence-electron chi connectivity index (χ0n) is 9.06. The normalized spacial score (nSPS) is 21.1. The average Bonchev–Trinajstić information content (AvgIpc) is 2.53. The van der Waals surface area contributed by atoms with Crippen LogP contribution in [0.5, 0.6) is 0 Å². The molecule has 0 saturated carbocycles. The minimum absolute atomic E-state index is 0.257. The molecule has 1 aromatic carbocycles. The third-order valence-electron chi connectivity index (χ3n) is 2.65. The lowest BCUT2D eigenvalue weighted by atomic mass is 10.2. The van der Waals surface area contributed by atoms with Crippen LogP contribution >= 0.6 is 11.9 Å². The molecule has 0 radical (unpaired) electrons. The molecule has 1 aromatic rings. The summed E-state index contributed by atoms with van der Waals surface area (Å²) in [5.74, 6) is 0.257. The second-order valence-corrected chi connectivity index (χ2v) is 5.06. The molecule has 1 atom stereocenters. The van der Waals surface area contributed by atoms with Crippen LogP contribution in [0.15, 0.2) is 29.2 Å². The Kier molecular flexibility index (Phi) is 3.00. The number of rotatable bonds is 2. The summed E-state index contributed by atoms with van der Waals surface area (Å²) < 4.78 is 1.89. The lowest BCUT2D eigenvalue weighted by Gasteiger charge is -2.19. The first-order valence-corrected chi connectivity index (χ1v) is 6.01. The average molecular weight is 221 g/mol. The molecular formula is C12H15NOS. The van der Waals surface area contributed by atoms with Crippen molar-refractivity contribution in [1.82, 2.24) is 4.31 Å². The molecule has 2 rings (SSSR count). The van der Waals surface area contributed by atoms with Crippen LogP contribution in [0, 0.1) is 6.92 Å². The molecule has 0 aromatic heterocycles. The highest BCUT2D eigenvalue weighted by molar-refractivity contribution is 7.97. The van der Waals surface area contributed by atoms with Crippen LogP contribution in [-0.4, -0.2) is 16.3 Å². The molecule has 15 heavy (non-hydrogen) atoms. The van der Waals surface area contributed by atoms with Gasteiger partial charge in [-0.15, -0.1) is 0 Å². The molecule has 3 heteroatoms.